The standard InChI is InChI=1S/C18H29N3O3/c1-17(2)8-15-9-18(3,12-17)13-21(15)11-14(10-19)16(24)20(4-6-22)5-7-23/h11,15,22-23H,4-9,12-13H2,1-3H3/b14-11-. The van der Waals surface area contributed by atoms with Gasteiger partial charge in [0.25, 0.3) is 5.91 Å². The number of nitriles is 1. The van der Waals surface area contributed by atoms with E-state index in [0.29, 0.717) is 6.04 Å². The summed E-state index contributed by atoms with van der Waals surface area (Å²) in [4.78, 5) is 16.0. The predicted octanol–water partition coefficient (Wildman–Crippen LogP) is 1.11. The summed E-state index contributed by atoms with van der Waals surface area (Å²) in [7, 11) is 0. The summed E-state index contributed by atoms with van der Waals surface area (Å²) in [5.74, 6) is -0.425. The van der Waals surface area contributed by atoms with Gasteiger partial charge in [-0.05, 0) is 30.1 Å². The third-order valence-corrected chi connectivity index (χ3v) is 5.13. The molecule has 2 N–H and O–H groups in total. The fraction of sp³-hybridized carbons (Fsp3) is 0.778. The number of likely N-dealkylation sites (tertiary alicyclic amines) is 1. The Kier molecular flexibility index (Phi) is 5.56. The van der Waals surface area contributed by atoms with Gasteiger partial charge in [-0.3, -0.25) is 4.79 Å². The van der Waals surface area contributed by atoms with Gasteiger partial charge in [0, 0.05) is 31.9 Å². The first-order valence-electron chi connectivity index (χ1n) is 8.62. The molecule has 24 heavy (non-hydrogen) atoms. The van der Waals surface area contributed by atoms with Crippen LogP contribution >= 0.6 is 0 Å². The minimum absolute atomic E-state index is 0.0749. The third-order valence-electron chi connectivity index (χ3n) is 5.13. The van der Waals surface area contributed by atoms with Crippen LogP contribution in [0.3, 0.4) is 0 Å². The van der Waals surface area contributed by atoms with Crippen molar-refractivity contribution in [3.63, 3.8) is 0 Å². The molecule has 2 unspecified atom stereocenters. The van der Waals surface area contributed by atoms with E-state index in [-0.39, 0.29) is 42.7 Å². The molecule has 0 aromatic heterocycles. The third kappa shape index (κ3) is 4.08. The summed E-state index contributed by atoms with van der Waals surface area (Å²) in [6.45, 7) is 7.56. The Morgan fingerprint density at radius 3 is 2.46 bits per heavy atom. The van der Waals surface area contributed by atoms with Crippen LogP contribution in [0.1, 0.15) is 40.0 Å². The molecule has 0 spiro atoms. The van der Waals surface area contributed by atoms with Crippen molar-refractivity contribution in [3.8, 4) is 6.07 Å². The first-order chi connectivity index (χ1) is 11.2. The van der Waals surface area contributed by atoms with Crippen LogP contribution in [-0.2, 0) is 4.79 Å². The van der Waals surface area contributed by atoms with Gasteiger partial charge in [0.15, 0.2) is 0 Å². The number of nitrogens with zero attached hydrogens (tertiary/aromatic N) is 3. The second-order valence-corrected chi connectivity index (χ2v) is 8.28. The van der Waals surface area contributed by atoms with Gasteiger partial charge in [-0.1, -0.05) is 20.8 Å². The SMILES string of the molecule is CC1(C)CC2CC(C)(CN2/C=C(/C#N)C(=O)N(CCO)CCO)C1. The number of hydrogen-bond acceptors (Lipinski definition) is 5. The summed E-state index contributed by atoms with van der Waals surface area (Å²) in [6.07, 6.45) is 5.00. The molecule has 6 nitrogen and oxygen atoms in total. The van der Waals surface area contributed by atoms with Crippen LogP contribution < -0.4 is 0 Å². The maximum Gasteiger partial charge on any atom is 0.266 e. The second-order valence-electron chi connectivity index (χ2n) is 8.28. The lowest BCUT2D eigenvalue weighted by atomic mass is 9.65. The number of fused-ring (bicyclic) bond motifs is 2. The highest BCUT2D eigenvalue weighted by Gasteiger charge is 2.49. The molecule has 0 radical (unpaired) electrons. The Hall–Kier alpha value is -1.58. The van der Waals surface area contributed by atoms with Gasteiger partial charge in [0.2, 0.25) is 0 Å². The lowest BCUT2D eigenvalue weighted by Crippen LogP contribution is -2.37. The smallest absolute Gasteiger partial charge is 0.266 e. The minimum atomic E-state index is -0.425. The lowest BCUT2D eigenvalue weighted by molar-refractivity contribution is -0.127. The maximum absolute atomic E-state index is 12.5. The molecule has 1 heterocycles. The van der Waals surface area contributed by atoms with Crippen molar-refractivity contribution in [3.05, 3.63) is 11.8 Å². The molecule has 6 heteroatoms. The molecule has 1 aliphatic carbocycles. The molecule has 1 amide bonds. The van der Waals surface area contributed by atoms with Gasteiger partial charge in [0.1, 0.15) is 11.6 Å². The largest absolute Gasteiger partial charge is 0.395 e. The number of hydrogen-bond donors (Lipinski definition) is 2. The van der Waals surface area contributed by atoms with E-state index in [1.54, 1.807) is 6.20 Å². The molecule has 0 aromatic rings. The number of aliphatic hydroxyl groups excluding tert-OH is 2. The highest BCUT2D eigenvalue weighted by Crippen LogP contribution is 2.52. The Bertz CT molecular complexity index is 546. The Morgan fingerprint density at radius 1 is 1.29 bits per heavy atom. The van der Waals surface area contributed by atoms with Crippen LogP contribution in [0.2, 0.25) is 0 Å². The molecular weight excluding hydrogens is 306 g/mol. The van der Waals surface area contributed by atoms with Crippen molar-refractivity contribution in [2.24, 2.45) is 10.8 Å². The van der Waals surface area contributed by atoms with E-state index in [2.05, 4.69) is 25.7 Å². The number of amides is 1. The maximum atomic E-state index is 12.5. The quantitative estimate of drug-likeness (QED) is 0.561. The van der Waals surface area contributed by atoms with Crippen molar-refractivity contribution in [1.82, 2.24) is 9.80 Å². The van der Waals surface area contributed by atoms with Crippen LogP contribution in [0.4, 0.5) is 0 Å². The Morgan fingerprint density at radius 2 is 1.92 bits per heavy atom. The highest BCUT2D eigenvalue weighted by molar-refractivity contribution is 5.97. The number of carbonyl (C=O) groups is 1. The fourth-order valence-electron chi connectivity index (χ4n) is 4.68. The van der Waals surface area contributed by atoms with Gasteiger partial charge in [-0.15, -0.1) is 0 Å². The minimum Gasteiger partial charge on any atom is -0.395 e. The lowest BCUT2D eigenvalue weighted by Gasteiger charge is -2.39. The summed E-state index contributed by atoms with van der Waals surface area (Å²) in [5, 5.41) is 27.6. The van der Waals surface area contributed by atoms with Gasteiger partial charge >= 0.3 is 0 Å². The second kappa shape index (κ2) is 7.12. The van der Waals surface area contributed by atoms with Crippen molar-refractivity contribution in [2.45, 2.75) is 46.1 Å². The van der Waals surface area contributed by atoms with Crippen molar-refractivity contribution < 1.29 is 15.0 Å². The van der Waals surface area contributed by atoms with E-state index in [1.807, 2.05) is 6.07 Å². The Labute approximate surface area is 144 Å². The zero-order valence-electron chi connectivity index (χ0n) is 15.0. The number of carbonyl (C=O) groups excluding carboxylic acids is 1. The van der Waals surface area contributed by atoms with E-state index in [1.165, 1.54) is 4.90 Å². The van der Waals surface area contributed by atoms with Crippen LogP contribution in [0, 0.1) is 22.2 Å². The van der Waals surface area contributed by atoms with Crippen molar-refractivity contribution >= 4 is 5.91 Å². The molecule has 1 saturated heterocycles. The Balaban J connectivity index is 2.19. The van der Waals surface area contributed by atoms with Crippen LogP contribution in [0.15, 0.2) is 11.8 Å². The summed E-state index contributed by atoms with van der Waals surface area (Å²) in [6, 6.07) is 2.36. The van der Waals surface area contributed by atoms with Gasteiger partial charge in [0.05, 0.1) is 13.2 Å². The zero-order chi connectivity index (χ0) is 18.0. The van der Waals surface area contributed by atoms with E-state index >= 15 is 0 Å². The van der Waals surface area contributed by atoms with E-state index in [4.69, 9.17) is 10.2 Å². The van der Waals surface area contributed by atoms with Crippen molar-refractivity contribution in [1.29, 1.82) is 5.26 Å². The zero-order valence-corrected chi connectivity index (χ0v) is 15.0. The molecule has 0 aromatic carbocycles. The first-order valence-corrected chi connectivity index (χ1v) is 8.62. The average molecular weight is 335 g/mol. The molecule has 1 aliphatic heterocycles. The topological polar surface area (TPSA) is 87.8 Å². The number of aliphatic hydroxyl groups is 2. The average Bonchev–Trinajstić information content (AvgIpc) is 2.72. The monoisotopic (exact) mass is 335 g/mol. The summed E-state index contributed by atoms with van der Waals surface area (Å²) in [5.41, 5.74) is 0.574. The molecule has 2 fully saturated rings. The molecule has 2 rings (SSSR count). The number of rotatable bonds is 6. The molecular formula is C18H29N3O3. The van der Waals surface area contributed by atoms with Crippen molar-refractivity contribution in [2.75, 3.05) is 32.8 Å². The van der Waals surface area contributed by atoms with E-state index in [9.17, 15) is 10.1 Å². The van der Waals surface area contributed by atoms with Gasteiger partial charge in [-0.2, -0.15) is 5.26 Å². The van der Waals surface area contributed by atoms with E-state index in [0.717, 1.165) is 25.8 Å². The molecule has 2 aliphatic rings. The normalized spacial score (nSPS) is 28.6. The molecule has 1 saturated carbocycles. The van der Waals surface area contributed by atoms with Gasteiger partial charge in [-0.25, -0.2) is 0 Å². The summed E-state index contributed by atoms with van der Waals surface area (Å²) < 4.78 is 0. The fourth-order valence-corrected chi connectivity index (χ4v) is 4.68. The summed E-state index contributed by atoms with van der Waals surface area (Å²) >= 11 is 0. The first kappa shape index (κ1) is 18.8. The van der Waals surface area contributed by atoms with Crippen LogP contribution in [-0.4, -0.2) is 64.8 Å². The van der Waals surface area contributed by atoms with Gasteiger partial charge < -0.3 is 20.0 Å². The molecule has 2 atom stereocenters. The molecule has 2 bridgehead atoms. The van der Waals surface area contributed by atoms with Crippen LogP contribution in [0.25, 0.3) is 0 Å². The predicted molar refractivity (Wildman–Crippen MR) is 90.7 cm³/mol. The van der Waals surface area contributed by atoms with Crippen LogP contribution in [0.5, 0.6) is 0 Å². The van der Waals surface area contributed by atoms with E-state index < -0.39 is 5.91 Å². The molecule has 134 valence electrons. The highest BCUT2D eigenvalue weighted by atomic mass is 16.3.